The zero-order valence-electron chi connectivity index (χ0n) is 13.9. The van der Waals surface area contributed by atoms with E-state index in [0.717, 1.165) is 23.9 Å². The van der Waals surface area contributed by atoms with Gasteiger partial charge in [0.15, 0.2) is 0 Å². The SMILES string of the molecule is CCCCCCCOc1ccccc1/C=N/Nc1nncc(=O)[nH]1. The van der Waals surface area contributed by atoms with Crippen molar-refractivity contribution in [2.24, 2.45) is 5.10 Å². The van der Waals surface area contributed by atoms with Gasteiger partial charge in [0, 0.05) is 5.56 Å². The molecule has 0 saturated heterocycles. The summed E-state index contributed by atoms with van der Waals surface area (Å²) in [5.41, 5.74) is 3.15. The molecule has 0 aliphatic heterocycles. The molecule has 0 spiro atoms. The summed E-state index contributed by atoms with van der Waals surface area (Å²) in [5, 5.41) is 11.3. The third-order valence-corrected chi connectivity index (χ3v) is 3.37. The molecular formula is C17H23N5O2. The van der Waals surface area contributed by atoms with E-state index in [1.165, 1.54) is 25.7 Å². The van der Waals surface area contributed by atoms with Crippen molar-refractivity contribution in [1.29, 1.82) is 0 Å². The lowest BCUT2D eigenvalue weighted by molar-refractivity contribution is 0.304. The molecule has 0 saturated carbocycles. The van der Waals surface area contributed by atoms with Gasteiger partial charge in [-0.1, -0.05) is 44.7 Å². The van der Waals surface area contributed by atoms with E-state index in [9.17, 15) is 4.79 Å². The van der Waals surface area contributed by atoms with Gasteiger partial charge in [-0.3, -0.25) is 9.78 Å². The summed E-state index contributed by atoms with van der Waals surface area (Å²) in [6.45, 7) is 2.90. The minimum absolute atomic E-state index is 0.188. The predicted octanol–water partition coefficient (Wildman–Crippen LogP) is 2.96. The Morgan fingerprint density at radius 3 is 2.92 bits per heavy atom. The van der Waals surface area contributed by atoms with Crippen molar-refractivity contribution in [3.63, 3.8) is 0 Å². The summed E-state index contributed by atoms with van der Waals surface area (Å²) in [6.07, 6.45) is 8.72. The lowest BCUT2D eigenvalue weighted by atomic mass is 10.2. The Kier molecular flexibility index (Phi) is 7.46. The van der Waals surface area contributed by atoms with Crippen molar-refractivity contribution in [2.75, 3.05) is 12.0 Å². The largest absolute Gasteiger partial charge is 0.493 e. The number of ether oxygens (including phenoxy) is 1. The van der Waals surface area contributed by atoms with E-state index in [0.29, 0.717) is 6.61 Å². The first-order chi connectivity index (χ1) is 11.8. The Morgan fingerprint density at radius 1 is 1.25 bits per heavy atom. The molecule has 2 aromatic rings. The van der Waals surface area contributed by atoms with Crippen molar-refractivity contribution in [1.82, 2.24) is 15.2 Å². The van der Waals surface area contributed by atoms with E-state index in [4.69, 9.17) is 4.74 Å². The third kappa shape index (κ3) is 6.20. The van der Waals surface area contributed by atoms with Gasteiger partial charge in [0.05, 0.1) is 12.8 Å². The maximum atomic E-state index is 11.1. The number of benzene rings is 1. The number of nitrogens with one attached hydrogen (secondary N) is 2. The molecule has 0 amide bonds. The molecule has 1 aromatic carbocycles. The lowest BCUT2D eigenvalue weighted by Gasteiger charge is -2.08. The quantitative estimate of drug-likeness (QED) is 0.397. The van der Waals surface area contributed by atoms with Crippen LogP contribution in [0, 0.1) is 0 Å². The van der Waals surface area contributed by atoms with Gasteiger partial charge >= 0.3 is 0 Å². The number of rotatable bonds is 10. The molecule has 2 rings (SSSR count). The van der Waals surface area contributed by atoms with Gasteiger partial charge in [-0.05, 0) is 18.6 Å². The number of hydrazone groups is 1. The maximum Gasteiger partial charge on any atom is 0.271 e. The smallest absolute Gasteiger partial charge is 0.271 e. The number of unbranched alkanes of at least 4 members (excludes halogenated alkanes) is 4. The van der Waals surface area contributed by atoms with Gasteiger partial charge in [0.1, 0.15) is 11.9 Å². The molecule has 1 aromatic heterocycles. The molecule has 7 heteroatoms. The van der Waals surface area contributed by atoms with Gasteiger partial charge in [0.25, 0.3) is 5.56 Å². The number of aromatic amines is 1. The molecule has 7 nitrogen and oxygen atoms in total. The highest BCUT2D eigenvalue weighted by Gasteiger charge is 2.01. The molecule has 24 heavy (non-hydrogen) atoms. The summed E-state index contributed by atoms with van der Waals surface area (Å²) < 4.78 is 5.83. The molecule has 2 N–H and O–H groups in total. The van der Waals surface area contributed by atoms with Crippen molar-refractivity contribution < 1.29 is 4.74 Å². The van der Waals surface area contributed by atoms with Crippen LogP contribution in [0.4, 0.5) is 5.95 Å². The zero-order chi connectivity index (χ0) is 17.0. The first kappa shape index (κ1) is 17.7. The normalized spacial score (nSPS) is 10.9. The average Bonchev–Trinajstić information content (AvgIpc) is 2.59. The van der Waals surface area contributed by atoms with Crippen LogP contribution in [0.3, 0.4) is 0 Å². The average molecular weight is 329 g/mol. The van der Waals surface area contributed by atoms with Crippen molar-refractivity contribution >= 4 is 12.2 Å². The number of para-hydroxylation sites is 1. The molecule has 0 atom stereocenters. The molecule has 0 bridgehead atoms. The first-order valence-corrected chi connectivity index (χ1v) is 8.22. The van der Waals surface area contributed by atoms with Crippen LogP contribution in [-0.2, 0) is 0 Å². The van der Waals surface area contributed by atoms with Crippen LogP contribution in [0.2, 0.25) is 0 Å². The molecule has 0 radical (unpaired) electrons. The molecule has 1 heterocycles. The molecular weight excluding hydrogens is 306 g/mol. The fourth-order valence-electron chi connectivity index (χ4n) is 2.13. The molecule has 0 aliphatic rings. The number of nitrogens with zero attached hydrogens (tertiary/aromatic N) is 3. The minimum atomic E-state index is -0.338. The van der Waals surface area contributed by atoms with Crippen LogP contribution in [0.15, 0.2) is 40.4 Å². The number of hydrogen-bond donors (Lipinski definition) is 2. The summed E-state index contributed by atoms with van der Waals surface area (Å²) in [5.74, 6) is 0.972. The van der Waals surface area contributed by atoms with Gasteiger partial charge in [-0.2, -0.15) is 5.10 Å². The van der Waals surface area contributed by atoms with Crippen LogP contribution < -0.4 is 15.7 Å². The Bertz CT molecular complexity index is 699. The molecule has 0 aliphatic carbocycles. The van der Waals surface area contributed by atoms with Crippen molar-refractivity contribution in [2.45, 2.75) is 39.0 Å². The van der Waals surface area contributed by atoms with E-state index < -0.39 is 0 Å². The second-order valence-electron chi connectivity index (χ2n) is 5.35. The Balaban J connectivity index is 1.86. The highest BCUT2D eigenvalue weighted by molar-refractivity contribution is 5.83. The summed E-state index contributed by atoms with van der Waals surface area (Å²) >= 11 is 0. The highest BCUT2D eigenvalue weighted by Crippen LogP contribution is 2.16. The number of H-pyrrole nitrogens is 1. The summed E-state index contributed by atoms with van der Waals surface area (Å²) in [7, 11) is 0. The Labute approximate surface area is 141 Å². The monoisotopic (exact) mass is 329 g/mol. The van der Waals surface area contributed by atoms with Gasteiger partial charge < -0.3 is 4.74 Å². The Hall–Kier alpha value is -2.70. The summed E-state index contributed by atoms with van der Waals surface area (Å²) in [4.78, 5) is 13.6. The zero-order valence-corrected chi connectivity index (χ0v) is 13.9. The fraction of sp³-hybridized carbons (Fsp3) is 0.412. The second-order valence-corrected chi connectivity index (χ2v) is 5.35. The fourth-order valence-corrected chi connectivity index (χ4v) is 2.13. The molecule has 128 valence electrons. The van der Waals surface area contributed by atoms with Crippen molar-refractivity contribution in [3.8, 4) is 5.75 Å². The van der Waals surface area contributed by atoms with Crippen LogP contribution in [0.1, 0.15) is 44.6 Å². The summed E-state index contributed by atoms with van der Waals surface area (Å²) in [6, 6.07) is 7.67. The van der Waals surface area contributed by atoms with Crippen molar-refractivity contribution in [3.05, 3.63) is 46.4 Å². The standard InChI is InChI=1S/C17H23N5O2/c1-2-3-4-5-8-11-24-15-10-7-6-9-14(15)12-18-21-17-20-16(23)13-19-22-17/h6-7,9-10,12-13H,2-5,8,11H2,1H3,(H2,20,21,22,23)/b18-12+. The van der Waals surface area contributed by atoms with E-state index in [1.54, 1.807) is 6.21 Å². The first-order valence-electron chi connectivity index (χ1n) is 8.22. The molecule has 0 fully saturated rings. The van der Waals surface area contributed by atoms with E-state index in [1.807, 2.05) is 24.3 Å². The van der Waals surface area contributed by atoms with Crippen LogP contribution in [-0.4, -0.2) is 28.0 Å². The van der Waals surface area contributed by atoms with E-state index in [-0.39, 0.29) is 11.5 Å². The maximum absolute atomic E-state index is 11.1. The third-order valence-electron chi connectivity index (χ3n) is 3.37. The van der Waals surface area contributed by atoms with E-state index in [2.05, 4.69) is 32.6 Å². The van der Waals surface area contributed by atoms with Crippen LogP contribution in [0.25, 0.3) is 0 Å². The van der Waals surface area contributed by atoms with E-state index >= 15 is 0 Å². The topological polar surface area (TPSA) is 92.3 Å². The number of hydrogen-bond acceptors (Lipinski definition) is 6. The predicted molar refractivity (Wildman–Crippen MR) is 94.6 cm³/mol. The van der Waals surface area contributed by atoms with Crippen LogP contribution >= 0.6 is 0 Å². The van der Waals surface area contributed by atoms with Gasteiger partial charge in [-0.25, -0.2) is 5.43 Å². The minimum Gasteiger partial charge on any atom is -0.493 e. The van der Waals surface area contributed by atoms with Gasteiger partial charge in [0.2, 0.25) is 5.95 Å². The second kappa shape index (κ2) is 10.1. The lowest BCUT2D eigenvalue weighted by Crippen LogP contribution is -2.10. The number of aromatic nitrogens is 3. The molecule has 0 unspecified atom stereocenters. The number of anilines is 1. The highest BCUT2D eigenvalue weighted by atomic mass is 16.5. The Morgan fingerprint density at radius 2 is 2.08 bits per heavy atom. The van der Waals surface area contributed by atoms with Gasteiger partial charge in [-0.15, -0.1) is 10.2 Å². The van der Waals surface area contributed by atoms with Crippen LogP contribution in [0.5, 0.6) is 5.75 Å².